The van der Waals surface area contributed by atoms with Crippen molar-refractivity contribution in [3.05, 3.63) is 71.9 Å². The quantitative estimate of drug-likeness (QED) is 0.392. The van der Waals surface area contributed by atoms with E-state index in [0.717, 1.165) is 59.0 Å². The lowest BCUT2D eigenvalue weighted by Crippen LogP contribution is -2.29. The minimum Gasteiger partial charge on any atom is -0.393 e. The SMILES string of the molecule is OC1CCC(Nc2nc(Cc3ccccc3)cc(Nc3nc4ccccc4s3)n2)CC1. The lowest BCUT2D eigenvalue weighted by Gasteiger charge is -2.26. The molecule has 4 aromatic rings. The molecular weight excluding hydrogens is 406 g/mol. The number of benzene rings is 2. The predicted octanol–water partition coefficient (Wildman–Crippen LogP) is 5.14. The Kier molecular flexibility index (Phi) is 5.78. The van der Waals surface area contributed by atoms with Crippen molar-refractivity contribution >= 4 is 38.5 Å². The third-order valence-electron chi connectivity index (χ3n) is 5.57. The number of aromatic nitrogens is 3. The fraction of sp³-hybridized carbons (Fsp3) is 0.292. The fourth-order valence-electron chi connectivity index (χ4n) is 3.96. The summed E-state index contributed by atoms with van der Waals surface area (Å²) >= 11 is 1.61. The van der Waals surface area contributed by atoms with E-state index >= 15 is 0 Å². The van der Waals surface area contributed by atoms with Gasteiger partial charge in [-0.25, -0.2) is 9.97 Å². The lowest BCUT2D eigenvalue weighted by atomic mass is 9.93. The highest BCUT2D eigenvalue weighted by molar-refractivity contribution is 7.22. The molecule has 2 heterocycles. The van der Waals surface area contributed by atoms with E-state index in [4.69, 9.17) is 9.97 Å². The molecule has 158 valence electrons. The van der Waals surface area contributed by atoms with Crippen LogP contribution in [0.3, 0.4) is 0 Å². The molecule has 0 unspecified atom stereocenters. The minimum absolute atomic E-state index is 0.181. The second kappa shape index (κ2) is 8.99. The van der Waals surface area contributed by atoms with Crippen molar-refractivity contribution in [3.8, 4) is 0 Å². The Hall–Kier alpha value is -3.03. The summed E-state index contributed by atoms with van der Waals surface area (Å²) in [7, 11) is 0. The van der Waals surface area contributed by atoms with Crippen LogP contribution in [-0.2, 0) is 6.42 Å². The van der Waals surface area contributed by atoms with E-state index in [1.165, 1.54) is 5.56 Å². The van der Waals surface area contributed by atoms with Crippen molar-refractivity contribution < 1.29 is 5.11 Å². The largest absolute Gasteiger partial charge is 0.393 e. The van der Waals surface area contributed by atoms with Crippen LogP contribution >= 0.6 is 11.3 Å². The Labute approximate surface area is 185 Å². The zero-order chi connectivity index (χ0) is 21.0. The standard InChI is InChI=1S/C24H25N5OS/c30-19-12-10-17(11-13-19)25-23-26-18(14-16-6-2-1-3-7-16)15-22(28-23)29-24-27-20-8-4-5-9-21(20)31-24/h1-9,15,17,19,30H,10-14H2,(H2,25,26,27,28,29). The summed E-state index contributed by atoms with van der Waals surface area (Å²) in [6, 6.07) is 20.7. The number of rotatable bonds is 6. The van der Waals surface area contributed by atoms with E-state index in [-0.39, 0.29) is 12.1 Å². The number of aliphatic hydroxyl groups is 1. The van der Waals surface area contributed by atoms with Gasteiger partial charge < -0.3 is 15.7 Å². The fourth-order valence-corrected chi connectivity index (χ4v) is 4.83. The molecule has 5 rings (SSSR count). The molecule has 1 saturated carbocycles. The van der Waals surface area contributed by atoms with Gasteiger partial charge in [0.15, 0.2) is 5.13 Å². The number of nitrogens with zero attached hydrogens (tertiary/aromatic N) is 3. The molecule has 0 aliphatic heterocycles. The maximum absolute atomic E-state index is 9.79. The lowest BCUT2D eigenvalue weighted by molar-refractivity contribution is 0.126. The van der Waals surface area contributed by atoms with Gasteiger partial charge in [-0.2, -0.15) is 4.98 Å². The molecule has 6 nitrogen and oxygen atoms in total. The first-order valence-electron chi connectivity index (χ1n) is 10.7. The first-order valence-corrected chi connectivity index (χ1v) is 11.5. The van der Waals surface area contributed by atoms with E-state index in [0.29, 0.717) is 5.95 Å². The number of hydrogen-bond donors (Lipinski definition) is 3. The maximum Gasteiger partial charge on any atom is 0.225 e. The Balaban J connectivity index is 1.41. The van der Waals surface area contributed by atoms with Crippen molar-refractivity contribution in [3.63, 3.8) is 0 Å². The van der Waals surface area contributed by atoms with Crippen LogP contribution in [0.15, 0.2) is 60.7 Å². The number of fused-ring (bicyclic) bond motifs is 1. The molecule has 0 atom stereocenters. The molecule has 1 aliphatic rings. The summed E-state index contributed by atoms with van der Waals surface area (Å²) in [6.45, 7) is 0. The van der Waals surface area contributed by atoms with Gasteiger partial charge in [-0.15, -0.1) is 0 Å². The topological polar surface area (TPSA) is 83.0 Å². The minimum atomic E-state index is -0.181. The normalized spacial score (nSPS) is 18.7. The molecular formula is C24H25N5OS. The molecule has 0 spiro atoms. The number of anilines is 3. The van der Waals surface area contributed by atoms with Gasteiger partial charge >= 0.3 is 0 Å². The van der Waals surface area contributed by atoms with Crippen LogP contribution in [-0.4, -0.2) is 32.2 Å². The highest BCUT2D eigenvalue weighted by Crippen LogP contribution is 2.28. The average Bonchev–Trinajstić information content (AvgIpc) is 3.18. The van der Waals surface area contributed by atoms with Gasteiger partial charge in [0.2, 0.25) is 5.95 Å². The van der Waals surface area contributed by atoms with Crippen molar-refractivity contribution in [1.29, 1.82) is 0 Å². The Morgan fingerprint density at radius 3 is 2.48 bits per heavy atom. The summed E-state index contributed by atoms with van der Waals surface area (Å²) in [5, 5.41) is 17.5. The summed E-state index contributed by atoms with van der Waals surface area (Å²) in [5.41, 5.74) is 3.13. The Bertz CT molecular complexity index is 1120. The van der Waals surface area contributed by atoms with Crippen molar-refractivity contribution in [2.75, 3.05) is 10.6 Å². The molecule has 1 fully saturated rings. The number of aliphatic hydroxyl groups excluding tert-OH is 1. The third kappa shape index (κ3) is 5.00. The van der Waals surface area contributed by atoms with E-state index < -0.39 is 0 Å². The predicted molar refractivity (Wildman–Crippen MR) is 126 cm³/mol. The van der Waals surface area contributed by atoms with Crippen molar-refractivity contribution in [1.82, 2.24) is 15.0 Å². The van der Waals surface area contributed by atoms with Crippen LogP contribution in [0.4, 0.5) is 16.9 Å². The van der Waals surface area contributed by atoms with Gasteiger partial charge in [0.05, 0.1) is 22.0 Å². The van der Waals surface area contributed by atoms with Crippen molar-refractivity contribution in [2.45, 2.75) is 44.2 Å². The van der Waals surface area contributed by atoms with Gasteiger partial charge in [0.25, 0.3) is 0 Å². The first kappa shape index (κ1) is 19.9. The van der Waals surface area contributed by atoms with Gasteiger partial charge in [-0.3, -0.25) is 0 Å². The van der Waals surface area contributed by atoms with Gasteiger partial charge in [0, 0.05) is 18.5 Å². The highest BCUT2D eigenvalue weighted by Gasteiger charge is 2.20. The molecule has 31 heavy (non-hydrogen) atoms. The number of thiazole rings is 1. The number of nitrogens with one attached hydrogen (secondary N) is 2. The second-order valence-electron chi connectivity index (χ2n) is 7.99. The van der Waals surface area contributed by atoms with Crippen LogP contribution < -0.4 is 10.6 Å². The van der Waals surface area contributed by atoms with Crippen molar-refractivity contribution in [2.24, 2.45) is 0 Å². The smallest absolute Gasteiger partial charge is 0.225 e. The van der Waals surface area contributed by atoms with E-state index in [9.17, 15) is 5.11 Å². The van der Waals surface area contributed by atoms with Gasteiger partial charge in [-0.05, 0) is 43.4 Å². The Morgan fingerprint density at radius 2 is 1.68 bits per heavy atom. The third-order valence-corrected chi connectivity index (χ3v) is 6.52. The highest BCUT2D eigenvalue weighted by atomic mass is 32.1. The van der Waals surface area contributed by atoms with Crippen LogP contribution in [0.5, 0.6) is 0 Å². The molecule has 0 saturated heterocycles. The first-order chi connectivity index (χ1) is 15.2. The molecule has 0 radical (unpaired) electrons. The van der Waals surface area contributed by atoms with Gasteiger partial charge in [0.1, 0.15) is 5.82 Å². The van der Waals surface area contributed by atoms with Crippen LogP contribution in [0.1, 0.15) is 36.9 Å². The van der Waals surface area contributed by atoms with E-state index in [2.05, 4.69) is 33.8 Å². The monoisotopic (exact) mass is 431 g/mol. The maximum atomic E-state index is 9.79. The Morgan fingerprint density at radius 1 is 0.903 bits per heavy atom. The average molecular weight is 432 g/mol. The second-order valence-corrected chi connectivity index (χ2v) is 9.02. The van der Waals surface area contributed by atoms with Crippen LogP contribution in [0.2, 0.25) is 0 Å². The van der Waals surface area contributed by atoms with Crippen LogP contribution in [0, 0.1) is 0 Å². The number of hydrogen-bond acceptors (Lipinski definition) is 7. The zero-order valence-corrected chi connectivity index (χ0v) is 18.0. The zero-order valence-electron chi connectivity index (χ0n) is 17.2. The summed E-state index contributed by atoms with van der Waals surface area (Å²) in [6.07, 6.45) is 4.04. The summed E-state index contributed by atoms with van der Waals surface area (Å²) in [4.78, 5) is 14.2. The molecule has 1 aliphatic carbocycles. The molecule has 0 amide bonds. The molecule has 2 aromatic carbocycles. The molecule has 0 bridgehead atoms. The summed E-state index contributed by atoms with van der Waals surface area (Å²) in [5.74, 6) is 1.36. The summed E-state index contributed by atoms with van der Waals surface area (Å²) < 4.78 is 1.14. The number of para-hydroxylation sites is 1. The van der Waals surface area contributed by atoms with Gasteiger partial charge in [-0.1, -0.05) is 53.8 Å². The molecule has 7 heteroatoms. The molecule has 3 N–H and O–H groups in total. The van der Waals surface area contributed by atoms with Crippen LogP contribution in [0.25, 0.3) is 10.2 Å². The van der Waals surface area contributed by atoms with E-state index in [1.54, 1.807) is 11.3 Å². The molecule has 2 aromatic heterocycles. The van der Waals surface area contributed by atoms with E-state index in [1.807, 2.05) is 42.5 Å².